The summed E-state index contributed by atoms with van der Waals surface area (Å²) in [5, 5.41) is 0. The number of methoxy groups -OCH3 is 1. The zero-order valence-corrected chi connectivity index (χ0v) is 16.5. The summed E-state index contributed by atoms with van der Waals surface area (Å²) in [7, 11) is 1.73. The van der Waals surface area contributed by atoms with E-state index in [1.54, 1.807) is 7.11 Å². The van der Waals surface area contributed by atoms with Crippen LogP contribution in [0.5, 0.6) is 5.75 Å². The zero-order valence-electron chi connectivity index (χ0n) is 16.5. The molecule has 2 aromatic carbocycles. The average molecular weight is 377 g/mol. The summed E-state index contributed by atoms with van der Waals surface area (Å²) in [5.41, 5.74) is 2.23. The normalized spacial score (nSPS) is 18.1. The van der Waals surface area contributed by atoms with Crippen LogP contribution < -0.4 is 9.64 Å². The third-order valence-corrected chi connectivity index (χ3v) is 5.47. The Hall–Kier alpha value is -2.79. The Kier molecular flexibility index (Phi) is 5.63. The number of nitrogens with zero attached hydrogens (tertiary/aromatic N) is 3. The Bertz CT molecular complexity index is 894. The molecule has 1 aromatic heterocycles. The van der Waals surface area contributed by atoms with E-state index in [9.17, 15) is 0 Å². The van der Waals surface area contributed by atoms with Crippen molar-refractivity contribution in [2.24, 2.45) is 0 Å². The fourth-order valence-corrected chi connectivity index (χ4v) is 3.77. The van der Waals surface area contributed by atoms with Crippen LogP contribution in [0, 0.1) is 0 Å². The van der Waals surface area contributed by atoms with Gasteiger partial charge in [-0.2, -0.15) is 0 Å². The molecule has 2 heterocycles. The van der Waals surface area contributed by atoms with Gasteiger partial charge in [0.1, 0.15) is 5.75 Å². The minimum absolute atomic E-state index is 0.465. The van der Waals surface area contributed by atoms with Crippen LogP contribution in [0.15, 0.2) is 65.2 Å². The summed E-state index contributed by atoms with van der Waals surface area (Å²) >= 11 is 0. The van der Waals surface area contributed by atoms with Crippen LogP contribution in [-0.4, -0.2) is 42.7 Å². The number of para-hydroxylation sites is 2. The van der Waals surface area contributed by atoms with Crippen molar-refractivity contribution in [1.82, 2.24) is 9.88 Å². The highest BCUT2D eigenvalue weighted by Gasteiger charge is 2.24. The molecule has 1 atom stereocenters. The largest absolute Gasteiger partial charge is 0.495 e. The average Bonchev–Trinajstić information content (AvgIpc) is 3.14. The lowest BCUT2D eigenvalue weighted by Gasteiger charge is -2.25. The Morgan fingerprint density at radius 3 is 2.64 bits per heavy atom. The van der Waals surface area contributed by atoms with Gasteiger partial charge in [-0.05, 0) is 25.5 Å². The van der Waals surface area contributed by atoms with Gasteiger partial charge in [0.25, 0.3) is 0 Å². The smallest absolute Gasteiger partial charge is 0.209 e. The van der Waals surface area contributed by atoms with Crippen molar-refractivity contribution >= 4 is 5.69 Å². The molecule has 0 amide bonds. The zero-order chi connectivity index (χ0) is 19.3. The first-order chi connectivity index (χ1) is 13.7. The Balaban J connectivity index is 1.44. The highest BCUT2D eigenvalue weighted by molar-refractivity contribution is 5.58. The van der Waals surface area contributed by atoms with Gasteiger partial charge >= 0.3 is 0 Å². The fourth-order valence-electron chi connectivity index (χ4n) is 3.77. The number of ether oxygens (including phenoxy) is 1. The van der Waals surface area contributed by atoms with Crippen LogP contribution in [0.2, 0.25) is 0 Å². The van der Waals surface area contributed by atoms with Crippen molar-refractivity contribution in [3.05, 3.63) is 66.7 Å². The van der Waals surface area contributed by atoms with Crippen LogP contribution >= 0.6 is 0 Å². The summed E-state index contributed by atoms with van der Waals surface area (Å²) in [6.45, 7) is 5.94. The SMILES string of the molecule is COc1ccccc1N1CC[C@@H](C)N(Cc2ncc(-c3ccccc3)o2)CC1. The molecule has 28 heavy (non-hydrogen) atoms. The van der Waals surface area contributed by atoms with E-state index < -0.39 is 0 Å². The summed E-state index contributed by atoms with van der Waals surface area (Å²) in [6, 6.07) is 18.8. The standard InChI is InChI=1S/C23H27N3O2/c1-18-12-13-25(20-10-6-7-11-21(20)27-2)14-15-26(18)17-23-24-16-22(28-23)19-8-4-3-5-9-19/h3-11,16,18H,12-15,17H2,1-2H3/t18-/m1/s1. The molecule has 5 heteroatoms. The number of oxazole rings is 1. The van der Waals surface area contributed by atoms with Gasteiger partial charge in [-0.1, -0.05) is 42.5 Å². The molecular weight excluding hydrogens is 350 g/mol. The van der Waals surface area contributed by atoms with E-state index in [4.69, 9.17) is 9.15 Å². The molecule has 5 nitrogen and oxygen atoms in total. The Morgan fingerprint density at radius 2 is 1.82 bits per heavy atom. The Morgan fingerprint density at radius 1 is 1.04 bits per heavy atom. The molecule has 4 rings (SSSR count). The maximum absolute atomic E-state index is 6.02. The van der Waals surface area contributed by atoms with E-state index in [0.717, 1.165) is 55.6 Å². The molecule has 1 aliphatic rings. The number of rotatable bonds is 5. The highest BCUT2D eigenvalue weighted by Crippen LogP contribution is 2.29. The molecule has 3 aromatic rings. The van der Waals surface area contributed by atoms with E-state index in [1.165, 1.54) is 5.69 Å². The molecule has 0 N–H and O–H groups in total. The molecule has 0 bridgehead atoms. The van der Waals surface area contributed by atoms with E-state index in [-0.39, 0.29) is 0 Å². The lowest BCUT2D eigenvalue weighted by molar-refractivity contribution is 0.192. The van der Waals surface area contributed by atoms with Crippen LogP contribution in [0.4, 0.5) is 5.69 Å². The third kappa shape index (κ3) is 4.04. The number of hydrogen-bond acceptors (Lipinski definition) is 5. The van der Waals surface area contributed by atoms with Crippen molar-refractivity contribution in [3.8, 4) is 17.1 Å². The van der Waals surface area contributed by atoms with Gasteiger partial charge < -0.3 is 14.1 Å². The first-order valence-corrected chi connectivity index (χ1v) is 9.87. The van der Waals surface area contributed by atoms with Gasteiger partial charge in [-0.15, -0.1) is 0 Å². The molecule has 0 unspecified atom stereocenters. The lowest BCUT2D eigenvalue weighted by atomic mass is 10.2. The quantitative estimate of drug-likeness (QED) is 0.657. The van der Waals surface area contributed by atoms with E-state index in [0.29, 0.717) is 6.04 Å². The van der Waals surface area contributed by atoms with Crippen molar-refractivity contribution in [3.63, 3.8) is 0 Å². The summed E-state index contributed by atoms with van der Waals surface area (Å²) in [6.07, 6.45) is 2.92. The van der Waals surface area contributed by atoms with E-state index in [2.05, 4.69) is 33.8 Å². The number of anilines is 1. The lowest BCUT2D eigenvalue weighted by Crippen LogP contribution is -2.34. The van der Waals surface area contributed by atoms with E-state index >= 15 is 0 Å². The molecule has 0 aliphatic carbocycles. The number of benzene rings is 2. The highest BCUT2D eigenvalue weighted by atomic mass is 16.5. The summed E-state index contributed by atoms with van der Waals surface area (Å²) < 4.78 is 11.6. The van der Waals surface area contributed by atoms with E-state index in [1.807, 2.05) is 48.7 Å². The second-order valence-corrected chi connectivity index (χ2v) is 7.25. The van der Waals surface area contributed by atoms with Crippen molar-refractivity contribution in [1.29, 1.82) is 0 Å². The van der Waals surface area contributed by atoms with Crippen molar-refractivity contribution in [2.45, 2.75) is 25.9 Å². The molecule has 0 spiro atoms. The first kappa shape index (κ1) is 18.6. The molecule has 0 saturated carbocycles. The van der Waals surface area contributed by atoms with Gasteiger partial charge in [0.2, 0.25) is 5.89 Å². The van der Waals surface area contributed by atoms with Gasteiger partial charge in [0.15, 0.2) is 5.76 Å². The second kappa shape index (κ2) is 8.48. The fraction of sp³-hybridized carbons (Fsp3) is 0.348. The Labute approximate surface area is 166 Å². The predicted molar refractivity (Wildman–Crippen MR) is 112 cm³/mol. The maximum Gasteiger partial charge on any atom is 0.209 e. The minimum atomic E-state index is 0.465. The summed E-state index contributed by atoms with van der Waals surface area (Å²) in [4.78, 5) is 9.39. The molecule has 1 fully saturated rings. The van der Waals surface area contributed by atoms with Gasteiger partial charge in [0, 0.05) is 31.2 Å². The monoisotopic (exact) mass is 377 g/mol. The van der Waals surface area contributed by atoms with Crippen LogP contribution in [0.25, 0.3) is 11.3 Å². The summed E-state index contributed by atoms with van der Waals surface area (Å²) in [5.74, 6) is 2.54. The molecule has 1 aliphatic heterocycles. The van der Waals surface area contributed by atoms with Gasteiger partial charge in [-0.25, -0.2) is 4.98 Å². The predicted octanol–water partition coefficient (Wildman–Crippen LogP) is 4.45. The van der Waals surface area contributed by atoms with Crippen molar-refractivity contribution < 1.29 is 9.15 Å². The first-order valence-electron chi connectivity index (χ1n) is 9.87. The van der Waals surface area contributed by atoms with Crippen LogP contribution in [0.1, 0.15) is 19.2 Å². The van der Waals surface area contributed by atoms with Gasteiger partial charge in [0.05, 0.1) is 25.5 Å². The minimum Gasteiger partial charge on any atom is -0.495 e. The molecule has 146 valence electrons. The number of hydrogen-bond donors (Lipinski definition) is 0. The third-order valence-electron chi connectivity index (χ3n) is 5.47. The van der Waals surface area contributed by atoms with Crippen molar-refractivity contribution in [2.75, 3.05) is 31.6 Å². The topological polar surface area (TPSA) is 41.7 Å². The maximum atomic E-state index is 6.02. The second-order valence-electron chi connectivity index (χ2n) is 7.25. The molecule has 0 radical (unpaired) electrons. The molecule has 1 saturated heterocycles. The number of aromatic nitrogens is 1. The van der Waals surface area contributed by atoms with Crippen LogP contribution in [-0.2, 0) is 6.54 Å². The van der Waals surface area contributed by atoms with Gasteiger partial charge in [-0.3, -0.25) is 4.90 Å². The van der Waals surface area contributed by atoms with Crippen LogP contribution in [0.3, 0.4) is 0 Å². The molecular formula is C23H27N3O2.